The number of benzene rings is 1. The number of anilines is 2. The molecule has 1 aliphatic rings. The van der Waals surface area contributed by atoms with Gasteiger partial charge in [-0.2, -0.15) is 0 Å². The van der Waals surface area contributed by atoms with Crippen LogP contribution in [0.1, 0.15) is 0 Å². The van der Waals surface area contributed by atoms with Gasteiger partial charge in [0, 0.05) is 0 Å². The second-order valence-corrected chi connectivity index (χ2v) is 6.13. The number of thioether (sulfide) groups is 1. The van der Waals surface area contributed by atoms with E-state index in [4.69, 9.17) is 5.73 Å². The third-order valence-corrected chi connectivity index (χ3v) is 4.44. The molecule has 0 aromatic heterocycles. The molecule has 2 rings (SSSR count). The molecule has 0 amide bonds. The summed E-state index contributed by atoms with van der Waals surface area (Å²) in [5.41, 5.74) is 7.80. The maximum absolute atomic E-state index is 10.8. The fraction of sp³-hybridized carbons (Fsp3) is 0.400. The SMILES string of the molecule is Nc1cc([As]=O)ccc1N1CCSCC1. The summed E-state index contributed by atoms with van der Waals surface area (Å²) in [5.74, 6) is 2.32. The Labute approximate surface area is 100 Å². The molecule has 1 aromatic rings. The summed E-state index contributed by atoms with van der Waals surface area (Å²) >= 11 is 1.02. The van der Waals surface area contributed by atoms with E-state index in [0.29, 0.717) is 0 Å². The minimum atomic E-state index is -0.959. The average molecular weight is 284 g/mol. The van der Waals surface area contributed by atoms with E-state index in [1.54, 1.807) is 0 Å². The summed E-state index contributed by atoms with van der Waals surface area (Å²) in [7, 11) is 0. The second-order valence-electron chi connectivity index (χ2n) is 3.43. The molecular formula is C10H13AsN2OS. The Balaban J connectivity index is 2.23. The van der Waals surface area contributed by atoms with Crippen molar-refractivity contribution in [3.63, 3.8) is 0 Å². The zero-order valence-electron chi connectivity index (χ0n) is 8.35. The van der Waals surface area contributed by atoms with Gasteiger partial charge in [-0.15, -0.1) is 0 Å². The predicted molar refractivity (Wildman–Crippen MR) is 66.5 cm³/mol. The molecular weight excluding hydrogens is 271 g/mol. The van der Waals surface area contributed by atoms with E-state index in [1.165, 1.54) is 0 Å². The molecule has 5 heteroatoms. The molecule has 0 atom stereocenters. The third-order valence-electron chi connectivity index (χ3n) is 2.47. The van der Waals surface area contributed by atoms with E-state index in [1.807, 2.05) is 30.0 Å². The first-order valence-corrected chi connectivity index (χ1v) is 7.73. The number of nitrogen functional groups attached to an aromatic ring is 1. The average Bonchev–Trinajstić information content (AvgIpc) is 2.30. The molecule has 0 saturated carbocycles. The number of rotatable bonds is 2. The van der Waals surface area contributed by atoms with E-state index in [0.717, 1.165) is 40.3 Å². The van der Waals surface area contributed by atoms with Gasteiger partial charge in [-0.25, -0.2) is 0 Å². The van der Waals surface area contributed by atoms with Gasteiger partial charge < -0.3 is 0 Å². The first-order valence-electron chi connectivity index (χ1n) is 4.87. The van der Waals surface area contributed by atoms with E-state index < -0.39 is 15.7 Å². The number of hydrogen-bond donors (Lipinski definition) is 1. The summed E-state index contributed by atoms with van der Waals surface area (Å²) in [6.07, 6.45) is 0. The van der Waals surface area contributed by atoms with Crippen LogP contribution in [-0.2, 0) is 3.74 Å². The Kier molecular flexibility index (Phi) is 3.70. The van der Waals surface area contributed by atoms with Gasteiger partial charge >= 0.3 is 100 Å². The fourth-order valence-electron chi connectivity index (χ4n) is 1.69. The van der Waals surface area contributed by atoms with Crippen molar-refractivity contribution < 1.29 is 3.74 Å². The van der Waals surface area contributed by atoms with Crippen LogP contribution >= 0.6 is 11.8 Å². The van der Waals surface area contributed by atoms with Gasteiger partial charge in [0.25, 0.3) is 0 Å². The Morgan fingerprint density at radius 1 is 1.33 bits per heavy atom. The number of nitrogens with zero attached hydrogens (tertiary/aromatic N) is 1. The van der Waals surface area contributed by atoms with Crippen LogP contribution in [0, 0.1) is 0 Å². The van der Waals surface area contributed by atoms with Crippen LogP contribution in [0.3, 0.4) is 0 Å². The Morgan fingerprint density at radius 2 is 2.07 bits per heavy atom. The molecule has 1 heterocycles. The van der Waals surface area contributed by atoms with Crippen LogP contribution in [0.15, 0.2) is 18.2 Å². The topological polar surface area (TPSA) is 46.3 Å². The minimum absolute atomic E-state index is 0.755. The van der Waals surface area contributed by atoms with Gasteiger partial charge in [-0.1, -0.05) is 0 Å². The molecule has 1 aliphatic heterocycles. The van der Waals surface area contributed by atoms with Gasteiger partial charge in [0.2, 0.25) is 0 Å². The van der Waals surface area contributed by atoms with Gasteiger partial charge in [0.1, 0.15) is 0 Å². The summed E-state index contributed by atoms with van der Waals surface area (Å²) in [6.45, 7) is 2.11. The third kappa shape index (κ3) is 2.55. The monoisotopic (exact) mass is 284 g/mol. The molecule has 80 valence electrons. The van der Waals surface area contributed by atoms with Crippen molar-refractivity contribution in [1.29, 1.82) is 0 Å². The van der Waals surface area contributed by atoms with E-state index in [2.05, 4.69) is 4.90 Å². The molecule has 0 spiro atoms. The van der Waals surface area contributed by atoms with E-state index >= 15 is 0 Å². The Bertz CT molecular complexity index is 366. The zero-order chi connectivity index (χ0) is 10.7. The van der Waals surface area contributed by atoms with Crippen molar-refractivity contribution in [3.05, 3.63) is 18.2 Å². The van der Waals surface area contributed by atoms with E-state index in [-0.39, 0.29) is 0 Å². The van der Waals surface area contributed by atoms with Crippen molar-refractivity contribution in [2.24, 2.45) is 0 Å². The van der Waals surface area contributed by atoms with Crippen LogP contribution in [0.5, 0.6) is 0 Å². The summed E-state index contributed by atoms with van der Waals surface area (Å²) < 4.78 is 11.7. The first-order chi connectivity index (χ1) is 7.31. The fourth-order valence-corrected chi connectivity index (χ4v) is 3.28. The zero-order valence-corrected chi connectivity index (χ0v) is 11.0. The maximum atomic E-state index is 10.8. The summed E-state index contributed by atoms with van der Waals surface area (Å²) in [5, 5.41) is 0. The van der Waals surface area contributed by atoms with Crippen LogP contribution < -0.4 is 15.0 Å². The summed E-state index contributed by atoms with van der Waals surface area (Å²) in [6, 6.07) is 5.75. The molecule has 0 unspecified atom stereocenters. The predicted octanol–water partition coefficient (Wildman–Crippen LogP) is 0.497. The van der Waals surface area contributed by atoms with Gasteiger partial charge in [0.15, 0.2) is 0 Å². The van der Waals surface area contributed by atoms with Crippen LogP contribution in [0.25, 0.3) is 0 Å². The van der Waals surface area contributed by atoms with Crippen molar-refractivity contribution in [3.8, 4) is 0 Å². The molecule has 2 N–H and O–H groups in total. The molecule has 0 aliphatic carbocycles. The van der Waals surface area contributed by atoms with Crippen LogP contribution in [0.4, 0.5) is 11.4 Å². The van der Waals surface area contributed by atoms with Gasteiger partial charge in [-0.3, -0.25) is 0 Å². The normalized spacial score (nSPS) is 16.9. The molecule has 0 radical (unpaired) electrons. The Hall–Kier alpha value is -0.472. The van der Waals surface area contributed by atoms with Crippen molar-refractivity contribution in [1.82, 2.24) is 0 Å². The molecule has 0 bridgehead atoms. The van der Waals surface area contributed by atoms with Crippen molar-refractivity contribution in [2.45, 2.75) is 0 Å². The van der Waals surface area contributed by atoms with Gasteiger partial charge in [0.05, 0.1) is 0 Å². The summed E-state index contributed by atoms with van der Waals surface area (Å²) in [4.78, 5) is 2.30. The van der Waals surface area contributed by atoms with Crippen LogP contribution in [-0.4, -0.2) is 40.3 Å². The number of hydrogen-bond acceptors (Lipinski definition) is 4. The van der Waals surface area contributed by atoms with Gasteiger partial charge in [-0.05, 0) is 0 Å². The molecule has 15 heavy (non-hydrogen) atoms. The van der Waals surface area contributed by atoms with Crippen molar-refractivity contribution in [2.75, 3.05) is 35.2 Å². The van der Waals surface area contributed by atoms with Crippen molar-refractivity contribution >= 4 is 43.2 Å². The molecule has 1 aromatic carbocycles. The standard InChI is InChI=1S/C10H13AsN2OS/c12-9-7-8(11-14)1-2-10(9)13-3-5-15-6-4-13/h1-2,7H,3-6,12H2. The Morgan fingerprint density at radius 3 is 2.67 bits per heavy atom. The molecule has 3 nitrogen and oxygen atoms in total. The van der Waals surface area contributed by atoms with E-state index in [9.17, 15) is 3.74 Å². The molecule has 1 saturated heterocycles. The number of nitrogens with two attached hydrogens (primary N) is 1. The quantitative estimate of drug-likeness (QED) is 0.634. The first kappa shape index (κ1) is 11.0. The second kappa shape index (κ2) is 5.04. The van der Waals surface area contributed by atoms with Crippen LogP contribution in [0.2, 0.25) is 0 Å². The molecule has 1 fully saturated rings.